The molecule has 0 spiro atoms. The lowest BCUT2D eigenvalue weighted by molar-refractivity contribution is -0.137. The lowest BCUT2D eigenvalue weighted by Crippen LogP contribution is -2.57. The Kier molecular flexibility index (Phi) is 13.4. The number of hydrogen-bond acceptors (Lipinski definition) is 7. The third-order valence-electron chi connectivity index (χ3n) is 6.64. The first-order chi connectivity index (χ1) is 18.6. The molecule has 1 heterocycles. The Morgan fingerprint density at radius 3 is 2.38 bits per heavy atom. The quantitative estimate of drug-likeness (QED) is 0.203. The molecule has 216 valence electrons. The summed E-state index contributed by atoms with van der Waals surface area (Å²) in [5.41, 5.74) is 7.81. The number of carboxylic acids is 1. The van der Waals surface area contributed by atoms with Crippen LogP contribution in [0.1, 0.15) is 63.9 Å². The van der Waals surface area contributed by atoms with Crippen LogP contribution in [0.4, 0.5) is 5.69 Å². The van der Waals surface area contributed by atoms with Crippen LogP contribution in [0.15, 0.2) is 36.4 Å². The number of carbonyl (C=O) groups excluding carboxylic acids is 3. The molecule has 2 rings (SSSR count). The first-order valence-corrected chi connectivity index (χ1v) is 13.6. The molecule has 1 aromatic carbocycles. The molecule has 0 fully saturated rings. The fraction of sp³-hybridized carbons (Fsp3) is 0.571. The Hall–Kier alpha value is -3.44. The molecule has 3 amide bonds. The van der Waals surface area contributed by atoms with Crippen molar-refractivity contribution in [1.82, 2.24) is 16.0 Å². The average molecular weight is 546 g/mol. The zero-order chi connectivity index (χ0) is 28.8. The van der Waals surface area contributed by atoms with E-state index < -0.39 is 54.0 Å². The number of aliphatic carboxylic acids is 1. The second-order valence-corrected chi connectivity index (χ2v) is 10.0. The molecule has 0 bridgehead atoms. The number of aliphatic hydroxyl groups excluding tert-OH is 1. The number of amides is 3. The van der Waals surface area contributed by atoms with Crippen molar-refractivity contribution in [3.8, 4) is 0 Å². The Morgan fingerprint density at radius 1 is 1.08 bits per heavy atom. The lowest BCUT2D eigenvalue weighted by atomic mass is 10.0. The first kappa shape index (κ1) is 31.8. The highest BCUT2D eigenvalue weighted by molar-refractivity contribution is 5.93. The predicted octanol–water partition coefficient (Wildman–Crippen LogP) is 1.34. The molecule has 1 aromatic rings. The summed E-state index contributed by atoms with van der Waals surface area (Å²) in [6.45, 7) is 4.12. The highest BCUT2D eigenvalue weighted by Crippen LogP contribution is 2.13. The molecule has 5 atom stereocenters. The van der Waals surface area contributed by atoms with Gasteiger partial charge in [-0.25, -0.2) is 0 Å². The van der Waals surface area contributed by atoms with Crippen LogP contribution in [0.3, 0.4) is 0 Å². The minimum Gasteiger partial charge on any atom is -0.481 e. The van der Waals surface area contributed by atoms with Crippen LogP contribution in [0.5, 0.6) is 0 Å². The Morgan fingerprint density at radius 2 is 1.74 bits per heavy atom. The average Bonchev–Trinajstić information content (AvgIpc) is 2.91. The largest absolute Gasteiger partial charge is 0.481 e. The van der Waals surface area contributed by atoms with Crippen LogP contribution < -0.4 is 27.0 Å². The monoisotopic (exact) mass is 545 g/mol. The van der Waals surface area contributed by atoms with Crippen LogP contribution in [0.25, 0.3) is 0 Å². The van der Waals surface area contributed by atoms with Gasteiger partial charge in [0.25, 0.3) is 0 Å². The van der Waals surface area contributed by atoms with Gasteiger partial charge in [0.2, 0.25) is 17.7 Å². The van der Waals surface area contributed by atoms with E-state index in [2.05, 4.69) is 21.3 Å². The molecule has 11 nitrogen and oxygen atoms in total. The lowest BCUT2D eigenvalue weighted by Gasteiger charge is -2.28. The summed E-state index contributed by atoms with van der Waals surface area (Å²) in [7, 11) is 0. The molecule has 39 heavy (non-hydrogen) atoms. The number of anilines is 1. The molecule has 0 saturated carbocycles. The standard InChI is InChI=1S/C28H43N5O6/c1-3-8-22-27(38)31-21(24(34)17-30-19-13-11-18(2)12-14-19)9-6-4-5-7-10-23(28(39)33-22)32-26(37)20(29)15-16-25(35)36/h4-5,11-14,20-24,30,34H,3,6-10,15-17,29H2,1-2H3,(H,31,38)(H,32,37)(H,33,39)(H,35,36)/b5-4-/t20-,21-,22-,23-,24+/m0/s1. The van der Waals surface area contributed by atoms with Crippen LogP contribution in [0, 0.1) is 6.92 Å². The zero-order valence-corrected chi connectivity index (χ0v) is 22.8. The number of nitrogens with two attached hydrogens (primary N) is 1. The van der Waals surface area contributed by atoms with Gasteiger partial charge in [-0.05, 0) is 57.6 Å². The Bertz CT molecular complexity index is 983. The summed E-state index contributed by atoms with van der Waals surface area (Å²) in [5.74, 6) is -2.61. The van der Waals surface area contributed by atoms with E-state index in [1.165, 1.54) is 0 Å². The molecule has 0 aliphatic carbocycles. The molecule has 11 heteroatoms. The van der Waals surface area contributed by atoms with Crippen molar-refractivity contribution in [2.45, 2.75) is 95.5 Å². The van der Waals surface area contributed by atoms with E-state index >= 15 is 0 Å². The third-order valence-corrected chi connectivity index (χ3v) is 6.64. The molecule has 0 saturated heterocycles. The number of aryl methyl sites for hydroxylation is 1. The van der Waals surface area contributed by atoms with Crippen molar-refractivity contribution in [3.05, 3.63) is 42.0 Å². The first-order valence-electron chi connectivity index (χ1n) is 13.6. The van der Waals surface area contributed by atoms with Gasteiger partial charge in [-0.1, -0.05) is 43.2 Å². The van der Waals surface area contributed by atoms with Gasteiger partial charge in [-0.3, -0.25) is 19.2 Å². The number of carbonyl (C=O) groups is 4. The van der Waals surface area contributed by atoms with E-state index in [1.807, 2.05) is 50.3 Å². The molecule has 1 aliphatic heterocycles. The summed E-state index contributed by atoms with van der Waals surface area (Å²) in [5, 5.41) is 31.2. The highest BCUT2D eigenvalue weighted by atomic mass is 16.4. The summed E-state index contributed by atoms with van der Waals surface area (Å²) in [6.07, 6.45) is 5.51. The number of rotatable bonds is 11. The van der Waals surface area contributed by atoms with E-state index in [4.69, 9.17) is 10.8 Å². The second-order valence-electron chi connectivity index (χ2n) is 10.0. The van der Waals surface area contributed by atoms with E-state index in [9.17, 15) is 24.3 Å². The zero-order valence-electron chi connectivity index (χ0n) is 22.8. The Balaban J connectivity index is 2.10. The topological polar surface area (TPSA) is 183 Å². The van der Waals surface area contributed by atoms with E-state index in [0.29, 0.717) is 32.1 Å². The predicted molar refractivity (Wildman–Crippen MR) is 149 cm³/mol. The summed E-state index contributed by atoms with van der Waals surface area (Å²) >= 11 is 0. The van der Waals surface area contributed by atoms with Crippen LogP contribution in [0.2, 0.25) is 0 Å². The molecule has 8 N–H and O–H groups in total. The Labute approximate surface area is 230 Å². The van der Waals surface area contributed by atoms with Crippen molar-refractivity contribution in [3.63, 3.8) is 0 Å². The van der Waals surface area contributed by atoms with Gasteiger partial charge in [0.1, 0.15) is 12.1 Å². The number of allylic oxidation sites excluding steroid dienone is 2. The minimum atomic E-state index is -1.07. The van der Waals surface area contributed by atoms with Crippen LogP contribution >= 0.6 is 0 Å². The van der Waals surface area contributed by atoms with E-state index in [1.54, 1.807) is 0 Å². The third kappa shape index (κ3) is 11.5. The van der Waals surface area contributed by atoms with Gasteiger partial charge in [-0.15, -0.1) is 0 Å². The summed E-state index contributed by atoms with van der Waals surface area (Å²) in [6, 6.07) is 4.39. The van der Waals surface area contributed by atoms with Crippen LogP contribution in [-0.2, 0) is 19.2 Å². The fourth-order valence-electron chi connectivity index (χ4n) is 4.24. The molecular formula is C28H43N5O6. The number of aliphatic hydroxyl groups is 1. The molecule has 1 aliphatic rings. The van der Waals surface area contributed by atoms with Crippen molar-refractivity contribution in [1.29, 1.82) is 0 Å². The smallest absolute Gasteiger partial charge is 0.303 e. The van der Waals surface area contributed by atoms with Crippen molar-refractivity contribution in [2.24, 2.45) is 5.73 Å². The van der Waals surface area contributed by atoms with Gasteiger partial charge in [0.05, 0.1) is 18.2 Å². The van der Waals surface area contributed by atoms with Gasteiger partial charge in [-0.2, -0.15) is 0 Å². The second kappa shape index (κ2) is 16.5. The number of hydrogen-bond donors (Lipinski definition) is 7. The number of benzene rings is 1. The van der Waals surface area contributed by atoms with E-state index in [0.717, 1.165) is 11.3 Å². The number of nitrogens with one attached hydrogen (secondary N) is 4. The maximum absolute atomic E-state index is 13.2. The highest BCUT2D eigenvalue weighted by Gasteiger charge is 2.30. The molecule has 0 unspecified atom stereocenters. The maximum atomic E-state index is 13.2. The molecule has 0 radical (unpaired) electrons. The van der Waals surface area contributed by atoms with Crippen molar-refractivity contribution >= 4 is 29.4 Å². The molecule has 0 aromatic heterocycles. The normalized spacial score (nSPS) is 23.0. The van der Waals surface area contributed by atoms with Gasteiger partial charge >= 0.3 is 5.97 Å². The van der Waals surface area contributed by atoms with E-state index in [-0.39, 0.29) is 25.8 Å². The summed E-state index contributed by atoms with van der Waals surface area (Å²) < 4.78 is 0. The van der Waals surface area contributed by atoms with Gasteiger partial charge in [0, 0.05) is 18.7 Å². The SMILES string of the molecule is CCC[C@@H]1NC(=O)[C@@H](NC(=O)[C@@H](N)CCC(=O)O)CC/C=C\CC[C@@H]([C@H](O)CNc2ccc(C)cc2)NC1=O. The van der Waals surface area contributed by atoms with Gasteiger partial charge < -0.3 is 37.2 Å². The van der Waals surface area contributed by atoms with Crippen molar-refractivity contribution in [2.75, 3.05) is 11.9 Å². The minimum absolute atomic E-state index is 0.0568. The van der Waals surface area contributed by atoms with Crippen LogP contribution in [-0.4, -0.2) is 70.7 Å². The number of carboxylic acid groups (broad SMARTS) is 1. The maximum Gasteiger partial charge on any atom is 0.303 e. The van der Waals surface area contributed by atoms with Gasteiger partial charge in [0.15, 0.2) is 0 Å². The van der Waals surface area contributed by atoms with Crippen molar-refractivity contribution < 1.29 is 29.4 Å². The fourth-order valence-corrected chi connectivity index (χ4v) is 4.24. The summed E-state index contributed by atoms with van der Waals surface area (Å²) in [4.78, 5) is 49.7. The molecular weight excluding hydrogens is 502 g/mol.